The zero-order valence-corrected chi connectivity index (χ0v) is 28.3. The lowest BCUT2D eigenvalue weighted by Gasteiger charge is -2.18. The fourth-order valence-corrected chi connectivity index (χ4v) is 6.36. The topological polar surface area (TPSA) is 105 Å². The van der Waals surface area contributed by atoms with Crippen LogP contribution in [0.5, 0.6) is 11.5 Å². The van der Waals surface area contributed by atoms with Gasteiger partial charge in [0.2, 0.25) is 0 Å². The minimum absolute atomic E-state index is 0.113. The van der Waals surface area contributed by atoms with Gasteiger partial charge in [-0.2, -0.15) is 0 Å². The smallest absolute Gasteiger partial charge is 0.423 e. The van der Waals surface area contributed by atoms with Crippen molar-refractivity contribution in [3.8, 4) is 11.5 Å². The van der Waals surface area contributed by atoms with Gasteiger partial charge in [-0.3, -0.25) is 0 Å². The first-order valence-electron chi connectivity index (χ1n) is 13.9. The normalized spacial score (nSPS) is 15.7. The van der Waals surface area contributed by atoms with E-state index in [1.54, 1.807) is 0 Å². The van der Waals surface area contributed by atoms with E-state index in [0.717, 1.165) is 63.5 Å². The van der Waals surface area contributed by atoms with Crippen molar-refractivity contribution in [1.82, 2.24) is 0 Å². The molecule has 0 aliphatic heterocycles. The molecule has 0 saturated heterocycles. The van der Waals surface area contributed by atoms with E-state index >= 15 is 0 Å². The maximum absolute atomic E-state index is 13.1. The Kier molecular flexibility index (Phi) is 11.3. The number of esters is 4. The Labute approximate surface area is 284 Å². The van der Waals surface area contributed by atoms with Gasteiger partial charge in [-0.15, -0.1) is 0 Å². The molecule has 44 heavy (non-hydrogen) atoms. The third-order valence-corrected chi connectivity index (χ3v) is 9.85. The highest BCUT2D eigenvalue weighted by atomic mass is 35.5. The number of carbonyl (C=O) groups excluding carboxylic acids is 4. The SMILES string of the molecule is CCCC1(COC(=O)c2c(Cl)c(Cl)cc(Cl)c2OC(=O)C(=O)Oc2c(Cl)cc(Cl)c(Cl)c2C(=O)OCC2(CCC)CC2)CC1. The van der Waals surface area contributed by atoms with E-state index in [-0.39, 0.29) is 54.2 Å². The number of ether oxygens (including phenoxy) is 4. The van der Waals surface area contributed by atoms with Crippen LogP contribution in [0.3, 0.4) is 0 Å². The van der Waals surface area contributed by atoms with Gasteiger partial charge in [-0.25, -0.2) is 19.2 Å². The summed E-state index contributed by atoms with van der Waals surface area (Å²) < 4.78 is 21.3. The van der Waals surface area contributed by atoms with Gasteiger partial charge in [0.15, 0.2) is 11.5 Å². The fourth-order valence-electron chi connectivity index (χ4n) is 4.92. The molecule has 0 unspecified atom stereocenters. The Morgan fingerprint density at radius 3 is 1.25 bits per heavy atom. The van der Waals surface area contributed by atoms with Gasteiger partial charge in [0.05, 0.1) is 43.3 Å². The lowest BCUT2D eigenvalue weighted by atomic mass is 10.0. The Hall–Kier alpha value is -1.94. The van der Waals surface area contributed by atoms with Crippen LogP contribution in [0.1, 0.15) is 85.9 Å². The minimum Gasteiger partial charge on any atom is -0.461 e. The summed E-state index contributed by atoms with van der Waals surface area (Å²) in [5.74, 6) is -6.31. The molecule has 238 valence electrons. The highest BCUT2D eigenvalue weighted by Crippen LogP contribution is 2.51. The summed E-state index contributed by atoms with van der Waals surface area (Å²) in [4.78, 5) is 52.1. The summed E-state index contributed by atoms with van der Waals surface area (Å²) in [7, 11) is 0. The highest BCUT2D eigenvalue weighted by Gasteiger charge is 2.44. The molecular formula is C30H28Cl6O8. The summed E-state index contributed by atoms with van der Waals surface area (Å²) in [5, 5.41) is -1.44. The van der Waals surface area contributed by atoms with Gasteiger partial charge in [0.25, 0.3) is 0 Å². The maximum Gasteiger partial charge on any atom is 0.423 e. The standard InChI is InChI=1S/C30H28Cl6O8/c1-3-5-29(7-8-29)13-41-25(37)19-21(35)15(31)11-17(33)23(19)43-27(39)28(40)44-24-18(34)12-16(32)22(36)20(24)26(38)42-14-30(6-4-2)9-10-30/h11-12H,3-10,13-14H2,1-2H3. The number of hydrogen-bond acceptors (Lipinski definition) is 8. The van der Waals surface area contributed by atoms with E-state index < -0.39 is 46.5 Å². The molecule has 4 rings (SSSR count). The first kappa shape index (κ1) is 34.9. The lowest BCUT2D eigenvalue weighted by molar-refractivity contribution is -0.156. The molecule has 2 aliphatic carbocycles. The van der Waals surface area contributed by atoms with Crippen molar-refractivity contribution in [2.45, 2.75) is 65.2 Å². The molecule has 14 heteroatoms. The molecule has 0 atom stereocenters. The molecule has 0 heterocycles. The van der Waals surface area contributed by atoms with E-state index in [2.05, 4.69) is 0 Å². The Bertz CT molecular complexity index is 1390. The molecule has 0 spiro atoms. The number of hydrogen-bond donors (Lipinski definition) is 0. The summed E-state index contributed by atoms with van der Waals surface area (Å²) >= 11 is 37.3. The first-order valence-corrected chi connectivity index (χ1v) is 16.2. The van der Waals surface area contributed by atoms with Crippen molar-refractivity contribution in [3.05, 3.63) is 53.4 Å². The average Bonchev–Trinajstić information content (AvgIpc) is 3.90. The molecule has 0 bridgehead atoms. The average molecular weight is 729 g/mol. The van der Waals surface area contributed by atoms with Crippen molar-refractivity contribution in [1.29, 1.82) is 0 Å². The number of benzene rings is 2. The largest absolute Gasteiger partial charge is 0.461 e. The molecule has 2 saturated carbocycles. The maximum atomic E-state index is 13.1. The van der Waals surface area contributed by atoms with E-state index in [1.807, 2.05) is 13.8 Å². The predicted molar refractivity (Wildman–Crippen MR) is 168 cm³/mol. The van der Waals surface area contributed by atoms with Crippen LogP contribution in [0, 0.1) is 10.8 Å². The van der Waals surface area contributed by atoms with E-state index in [0.29, 0.717) is 0 Å². The zero-order valence-electron chi connectivity index (χ0n) is 23.8. The molecule has 0 amide bonds. The molecule has 2 aliphatic rings. The van der Waals surface area contributed by atoms with Crippen molar-refractivity contribution >= 4 is 93.5 Å². The number of rotatable bonds is 12. The number of halogens is 6. The van der Waals surface area contributed by atoms with Crippen LogP contribution in [-0.4, -0.2) is 37.1 Å². The first-order chi connectivity index (χ1) is 20.8. The van der Waals surface area contributed by atoms with Crippen LogP contribution >= 0.6 is 69.6 Å². The molecule has 2 aromatic carbocycles. The zero-order chi connectivity index (χ0) is 32.4. The summed E-state index contributed by atoms with van der Waals surface area (Å²) in [6.45, 7) is 4.29. The van der Waals surface area contributed by atoms with Gasteiger partial charge in [-0.05, 0) is 50.7 Å². The summed E-state index contributed by atoms with van der Waals surface area (Å²) in [6, 6.07) is 2.26. The molecule has 2 aromatic rings. The molecule has 0 aromatic heterocycles. The summed E-state index contributed by atoms with van der Waals surface area (Å²) in [6.07, 6.45) is 7.16. The van der Waals surface area contributed by atoms with Gasteiger partial charge in [0.1, 0.15) is 11.1 Å². The third-order valence-electron chi connectivity index (χ3n) is 7.71. The summed E-state index contributed by atoms with van der Waals surface area (Å²) in [5.41, 5.74) is -1.13. The Morgan fingerprint density at radius 1 is 0.614 bits per heavy atom. The van der Waals surface area contributed by atoms with E-state index in [4.69, 9.17) is 88.6 Å². The molecule has 2 fully saturated rings. The van der Waals surface area contributed by atoms with Crippen molar-refractivity contribution < 1.29 is 38.1 Å². The van der Waals surface area contributed by atoms with Crippen LogP contribution in [0.15, 0.2) is 12.1 Å². The van der Waals surface area contributed by atoms with Gasteiger partial charge < -0.3 is 18.9 Å². The van der Waals surface area contributed by atoms with Crippen LogP contribution in [0.4, 0.5) is 0 Å². The molecule has 0 radical (unpaired) electrons. The molecule has 8 nitrogen and oxygen atoms in total. The second-order valence-electron chi connectivity index (χ2n) is 11.1. The molecule has 0 N–H and O–H groups in total. The van der Waals surface area contributed by atoms with Crippen LogP contribution < -0.4 is 9.47 Å². The van der Waals surface area contributed by atoms with Crippen molar-refractivity contribution in [3.63, 3.8) is 0 Å². The monoisotopic (exact) mass is 726 g/mol. The quantitative estimate of drug-likeness (QED) is 0.0921. The minimum atomic E-state index is -1.63. The van der Waals surface area contributed by atoms with Crippen molar-refractivity contribution in [2.24, 2.45) is 10.8 Å². The van der Waals surface area contributed by atoms with Gasteiger partial charge in [0, 0.05) is 10.8 Å². The van der Waals surface area contributed by atoms with E-state index in [9.17, 15) is 19.2 Å². The number of carbonyl (C=O) groups is 4. The highest BCUT2D eigenvalue weighted by molar-refractivity contribution is 6.47. The fraction of sp³-hybridized carbons (Fsp3) is 0.467. The third kappa shape index (κ3) is 7.88. The predicted octanol–water partition coefficient (Wildman–Crippen LogP) is 9.59. The van der Waals surface area contributed by atoms with Crippen molar-refractivity contribution in [2.75, 3.05) is 13.2 Å². The second-order valence-corrected chi connectivity index (χ2v) is 13.5. The lowest BCUT2D eigenvalue weighted by Crippen LogP contribution is -2.28. The molecular weight excluding hydrogens is 701 g/mol. The Balaban J connectivity index is 1.55. The van der Waals surface area contributed by atoms with Crippen LogP contribution in [0.25, 0.3) is 0 Å². The second kappa shape index (κ2) is 14.2. The van der Waals surface area contributed by atoms with Gasteiger partial charge in [-0.1, -0.05) is 96.3 Å². The van der Waals surface area contributed by atoms with Crippen LogP contribution in [0.2, 0.25) is 30.1 Å². The van der Waals surface area contributed by atoms with E-state index in [1.165, 1.54) is 0 Å². The van der Waals surface area contributed by atoms with Crippen LogP contribution in [-0.2, 0) is 19.1 Å². The van der Waals surface area contributed by atoms with Gasteiger partial charge >= 0.3 is 23.9 Å². The Morgan fingerprint density at radius 2 is 0.955 bits per heavy atom.